The maximum absolute atomic E-state index is 6.07. The van der Waals surface area contributed by atoms with Crippen molar-refractivity contribution in [3.05, 3.63) is 89.5 Å². The van der Waals surface area contributed by atoms with E-state index < -0.39 is 0 Å². The van der Waals surface area contributed by atoms with Crippen molar-refractivity contribution in [1.82, 2.24) is 9.80 Å². The Hall–Kier alpha value is -3.02. The molecule has 0 spiro atoms. The number of hydrogen-bond donors (Lipinski definition) is 0. The van der Waals surface area contributed by atoms with Crippen molar-refractivity contribution in [3.63, 3.8) is 0 Å². The summed E-state index contributed by atoms with van der Waals surface area (Å²) in [5.41, 5.74) is 3.87. The summed E-state index contributed by atoms with van der Waals surface area (Å²) in [6.45, 7) is 6.65. The van der Waals surface area contributed by atoms with E-state index >= 15 is 0 Å². The maximum atomic E-state index is 6.07. The molecule has 0 saturated carbocycles. The second-order valence-electron chi connectivity index (χ2n) is 9.83. The minimum Gasteiger partial charge on any atom is -0.496 e. The zero-order valence-electron chi connectivity index (χ0n) is 21.7. The van der Waals surface area contributed by atoms with Crippen LogP contribution in [0.15, 0.2) is 72.8 Å². The third-order valence-electron chi connectivity index (χ3n) is 7.74. The van der Waals surface area contributed by atoms with Gasteiger partial charge in [-0.2, -0.15) is 0 Å². The van der Waals surface area contributed by atoms with E-state index in [-0.39, 0.29) is 0 Å². The quantitative estimate of drug-likeness (QED) is 0.394. The van der Waals surface area contributed by atoms with Gasteiger partial charge in [0.25, 0.3) is 0 Å². The molecular formula is C31H38N2O3. The molecule has 190 valence electrons. The van der Waals surface area contributed by atoms with Gasteiger partial charge in [0.05, 0.1) is 26.4 Å². The van der Waals surface area contributed by atoms with Gasteiger partial charge in [-0.15, -0.1) is 0 Å². The molecule has 2 unspecified atom stereocenters. The van der Waals surface area contributed by atoms with Crippen LogP contribution in [0.2, 0.25) is 0 Å². The van der Waals surface area contributed by atoms with E-state index in [9.17, 15) is 0 Å². The third kappa shape index (κ3) is 5.09. The first-order chi connectivity index (χ1) is 17.7. The number of methoxy groups -OCH3 is 2. The molecule has 2 atom stereocenters. The lowest BCUT2D eigenvalue weighted by Gasteiger charge is -2.47. The molecule has 36 heavy (non-hydrogen) atoms. The predicted octanol–water partition coefficient (Wildman–Crippen LogP) is 5.58. The number of piperazine rings is 1. The summed E-state index contributed by atoms with van der Waals surface area (Å²) in [6.07, 6.45) is 2.52. The molecule has 0 aliphatic carbocycles. The van der Waals surface area contributed by atoms with Gasteiger partial charge >= 0.3 is 0 Å². The Kier molecular flexibility index (Phi) is 7.78. The van der Waals surface area contributed by atoms with Crippen molar-refractivity contribution >= 4 is 0 Å². The van der Waals surface area contributed by atoms with Crippen LogP contribution in [0.25, 0.3) is 0 Å². The Bertz CT molecular complexity index is 1080. The Morgan fingerprint density at radius 1 is 0.861 bits per heavy atom. The molecular weight excluding hydrogens is 448 g/mol. The van der Waals surface area contributed by atoms with Gasteiger partial charge in [0, 0.05) is 49.8 Å². The monoisotopic (exact) mass is 486 g/mol. The minimum absolute atomic E-state index is 0.319. The number of ether oxygens (including phenoxy) is 3. The number of hydrogen-bond acceptors (Lipinski definition) is 5. The smallest absolute Gasteiger partial charge is 0.131 e. The highest BCUT2D eigenvalue weighted by Crippen LogP contribution is 2.40. The summed E-state index contributed by atoms with van der Waals surface area (Å²) in [4.78, 5) is 5.40. The van der Waals surface area contributed by atoms with Crippen molar-refractivity contribution < 1.29 is 14.2 Å². The van der Waals surface area contributed by atoms with Crippen molar-refractivity contribution in [2.24, 2.45) is 0 Å². The average molecular weight is 487 g/mol. The first-order valence-corrected chi connectivity index (χ1v) is 13.2. The number of nitrogens with zero attached hydrogens (tertiary/aromatic N) is 2. The molecule has 0 N–H and O–H groups in total. The first kappa shape index (κ1) is 24.7. The first-order valence-electron chi connectivity index (χ1n) is 13.2. The summed E-state index contributed by atoms with van der Waals surface area (Å²) in [5, 5.41) is 0. The van der Waals surface area contributed by atoms with E-state index in [4.69, 9.17) is 14.2 Å². The number of rotatable bonds is 9. The molecule has 0 bridgehead atoms. The van der Waals surface area contributed by atoms with Crippen LogP contribution < -0.4 is 14.2 Å². The zero-order valence-corrected chi connectivity index (χ0v) is 21.7. The molecule has 0 amide bonds. The second-order valence-corrected chi connectivity index (χ2v) is 9.83. The SMILES string of the molecule is CCOc1cc(OC)cc(OC)c1CN1CC2CCCN2C(C(c2ccccc2)c2ccccc2)C1. The van der Waals surface area contributed by atoms with Crippen molar-refractivity contribution in [1.29, 1.82) is 0 Å². The topological polar surface area (TPSA) is 34.2 Å². The Balaban J connectivity index is 1.50. The summed E-state index contributed by atoms with van der Waals surface area (Å²) < 4.78 is 17.4. The Morgan fingerprint density at radius 3 is 2.14 bits per heavy atom. The second kappa shape index (κ2) is 11.4. The van der Waals surface area contributed by atoms with E-state index in [1.165, 1.54) is 30.5 Å². The third-order valence-corrected chi connectivity index (χ3v) is 7.74. The van der Waals surface area contributed by atoms with Crippen LogP contribution in [0.1, 0.15) is 42.4 Å². The molecule has 0 aromatic heterocycles. The predicted molar refractivity (Wildman–Crippen MR) is 144 cm³/mol. The lowest BCUT2D eigenvalue weighted by molar-refractivity contribution is 0.0376. The van der Waals surface area contributed by atoms with Gasteiger partial charge < -0.3 is 14.2 Å². The highest BCUT2D eigenvalue weighted by molar-refractivity contribution is 5.51. The molecule has 0 radical (unpaired) electrons. The standard InChI is InChI=1S/C31H38N2O3/c1-4-36-30-19-26(34-2)18-29(35-3)27(30)21-32-20-25-16-11-17-33(25)28(22-32)31(23-12-7-5-8-13-23)24-14-9-6-10-15-24/h5-10,12-15,18-19,25,28,31H,4,11,16-17,20-22H2,1-3H3. The van der Waals surface area contributed by atoms with Crippen LogP contribution in [-0.2, 0) is 6.54 Å². The Morgan fingerprint density at radius 2 is 1.53 bits per heavy atom. The maximum Gasteiger partial charge on any atom is 0.131 e. The Labute approximate surface area is 215 Å². The van der Waals surface area contributed by atoms with Crippen molar-refractivity contribution in [2.75, 3.05) is 40.5 Å². The fourth-order valence-corrected chi connectivity index (χ4v) is 6.18. The summed E-state index contributed by atoms with van der Waals surface area (Å²) in [5.74, 6) is 2.75. The highest BCUT2D eigenvalue weighted by atomic mass is 16.5. The van der Waals surface area contributed by atoms with E-state index in [0.717, 1.165) is 42.4 Å². The van der Waals surface area contributed by atoms with E-state index in [0.29, 0.717) is 24.6 Å². The van der Waals surface area contributed by atoms with Crippen LogP contribution in [0, 0.1) is 0 Å². The van der Waals surface area contributed by atoms with Crippen molar-refractivity contribution in [3.8, 4) is 17.2 Å². The van der Waals surface area contributed by atoms with Gasteiger partial charge in [0.1, 0.15) is 17.2 Å². The van der Waals surface area contributed by atoms with Crippen molar-refractivity contribution in [2.45, 2.75) is 44.3 Å². The molecule has 2 saturated heterocycles. The zero-order chi connectivity index (χ0) is 24.9. The molecule has 3 aromatic carbocycles. The average Bonchev–Trinajstić information content (AvgIpc) is 3.40. The fraction of sp³-hybridized carbons (Fsp3) is 0.419. The fourth-order valence-electron chi connectivity index (χ4n) is 6.18. The molecule has 5 rings (SSSR count). The molecule has 2 aliphatic heterocycles. The molecule has 2 aliphatic rings. The van der Waals surface area contributed by atoms with E-state index in [1.807, 2.05) is 19.1 Å². The van der Waals surface area contributed by atoms with Gasteiger partial charge in [-0.05, 0) is 37.4 Å². The van der Waals surface area contributed by atoms with E-state index in [1.54, 1.807) is 14.2 Å². The molecule has 2 heterocycles. The normalized spacial score (nSPS) is 20.3. The largest absolute Gasteiger partial charge is 0.496 e. The van der Waals surface area contributed by atoms with Crippen LogP contribution in [0.4, 0.5) is 0 Å². The lowest BCUT2D eigenvalue weighted by atomic mass is 9.82. The van der Waals surface area contributed by atoms with Crippen LogP contribution in [-0.4, -0.2) is 62.3 Å². The van der Waals surface area contributed by atoms with Gasteiger partial charge in [-0.3, -0.25) is 9.80 Å². The molecule has 5 heteroatoms. The molecule has 5 nitrogen and oxygen atoms in total. The van der Waals surface area contributed by atoms with Crippen LogP contribution in [0.3, 0.4) is 0 Å². The van der Waals surface area contributed by atoms with Gasteiger partial charge in [0.15, 0.2) is 0 Å². The summed E-state index contributed by atoms with van der Waals surface area (Å²) in [6, 6.07) is 27.0. The molecule has 3 aromatic rings. The van der Waals surface area contributed by atoms with Gasteiger partial charge in [-0.1, -0.05) is 60.7 Å². The van der Waals surface area contributed by atoms with Crippen LogP contribution >= 0.6 is 0 Å². The highest BCUT2D eigenvalue weighted by Gasteiger charge is 2.42. The number of benzene rings is 3. The van der Waals surface area contributed by atoms with E-state index in [2.05, 4.69) is 70.5 Å². The summed E-state index contributed by atoms with van der Waals surface area (Å²) >= 11 is 0. The van der Waals surface area contributed by atoms with Gasteiger partial charge in [0.2, 0.25) is 0 Å². The number of fused-ring (bicyclic) bond motifs is 1. The van der Waals surface area contributed by atoms with Gasteiger partial charge in [-0.25, -0.2) is 0 Å². The van der Waals surface area contributed by atoms with Crippen LogP contribution in [0.5, 0.6) is 17.2 Å². The summed E-state index contributed by atoms with van der Waals surface area (Å²) in [7, 11) is 3.41. The minimum atomic E-state index is 0.319. The molecule has 2 fully saturated rings. The lowest BCUT2D eigenvalue weighted by Crippen LogP contribution is -2.57.